The second kappa shape index (κ2) is 9.50. The zero-order valence-electron chi connectivity index (χ0n) is 19.5. The molecule has 0 radical (unpaired) electrons. The summed E-state index contributed by atoms with van der Waals surface area (Å²) in [5, 5.41) is 0. The van der Waals surface area contributed by atoms with Gasteiger partial charge >= 0.3 is 0 Å². The zero-order chi connectivity index (χ0) is 22.7. The highest BCUT2D eigenvalue weighted by atomic mass is 28.3. The van der Waals surface area contributed by atoms with Crippen LogP contribution in [0, 0.1) is 5.92 Å². The molecule has 170 valence electrons. The van der Waals surface area contributed by atoms with Gasteiger partial charge in [-0.2, -0.15) is 0 Å². The number of ether oxygens (including phenoxy) is 1. The predicted molar refractivity (Wildman–Crippen MR) is 129 cm³/mol. The highest BCUT2D eigenvalue weighted by molar-refractivity contribution is 6.76. The lowest BCUT2D eigenvalue weighted by molar-refractivity contribution is -0.127. The summed E-state index contributed by atoms with van der Waals surface area (Å²) in [4.78, 5) is 27.8. The van der Waals surface area contributed by atoms with Crippen LogP contribution in [-0.2, 0) is 22.7 Å². The number of hydrogen-bond acceptors (Lipinski definition) is 5. The van der Waals surface area contributed by atoms with Crippen LogP contribution in [0.15, 0.2) is 36.8 Å². The number of hydrogen-bond donors (Lipinski definition) is 0. The van der Waals surface area contributed by atoms with Gasteiger partial charge in [-0.15, -0.1) is 0 Å². The van der Waals surface area contributed by atoms with Gasteiger partial charge in [-0.05, 0) is 43.0 Å². The van der Waals surface area contributed by atoms with Gasteiger partial charge in [-0.25, -0.2) is 9.97 Å². The number of carbonyl (C=O) groups excluding carboxylic acids is 1. The fourth-order valence-corrected chi connectivity index (χ4v) is 4.89. The first-order valence-corrected chi connectivity index (χ1v) is 15.1. The molecule has 0 aliphatic carbocycles. The molecule has 0 unspecified atom stereocenters. The number of aromatic nitrogens is 4. The first-order chi connectivity index (χ1) is 15.3. The second-order valence-electron chi connectivity index (χ2n) is 9.92. The van der Waals surface area contributed by atoms with Crippen LogP contribution in [0.25, 0.3) is 22.4 Å². The van der Waals surface area contributed by atoms with E-state index in [1.54, 1.807) is 6.92 Å². The van der Waals surface area contributed by atoms with E-state index in [2.05, 4.69) is 30.7 Å². The van der Waals surface area contributed by atoms with E-state index in [0.29, 0.717) is 12.6 Å². The lowest BCUT2D eigenvalue weighted by Crippen LogP contribution is -2.26. The van der Waals surface area contributed by atoms with E-state index in [1.165, 1.54) is 0 Å². The smallest absolute Gasteiger partial charge is 0.219 e. The number of carbonyl (C=O) groups is 1. The molecule has 0 N–H and O–H groups in total. The van der Waals surface area contributed by atoms with E-state index in [0.717, 1.165) is 66.7 Å². The quantitative estimate of drug-likeness (QED) is 0.379. The molecule has 4 heterocycles. The van der Waals surface area contributed by atoms with Crippen molar-refractivity contribution in [2.45, 2.75) is 52.2 Å². The Hall–Kier alpha value is -2.58. The first kappa shape index (κ1) is 22.6. The summed E-state index contributed by atoms with van der Waals surface area (Å²) in [6.45, 7) is 11.6. The van der Waals surface area contributed by atoms with Gasteiger partial charge in [-0.3, -0.25) is 9.78 Å². The van der Waals surface area contributed by atoms with Crippen molar-refractivity contribution in [3.8, 4) is 11.3 Å². The molecule has 3 aromatic heterocycles. The molecular formula is C24H33N5O2Si. The highest BCUT2D eigenvalue weighted by Crippen LogP contribution is 2.27. The summed E-state index contributed by atoms with van der Waals surface area (Å²) >= 11 is 0. The molecular weight excluding hydrogens is 418 g/mol. The Morgan fingerprint density at radius 2 is 2.09 bits per heavy atom. The Balaban J connectivity index is 1.48. The van der Waals surface area contributed by atoms with Gasteiger partial charge in [0.1, 0.15) is 12.2 Å². The van der Waals surface area contributed by atoms with Gasteiger partial charge in [-0.1, -0.05) is 19.6 Å². The maximum atomic E-state index is 11.7. The summed E-state index contributed by atoms with van der Waals surface area (Å²) in [7, 11) is -1.09. The second-order valence-corrected chi connectivity index (χ2v) is 15.5. The molecule has 1 aliphatic rings. The molecule has 4 rings (SSSR count). The fourth-order valence-electron chi connectivity index (χ4n) is 4.13. The van der Waals surface area contributed by atoms with Gasteiger partial charge in [0.05, 0.1) is 17.6 Å². The van der Waals surface area contributed by atoms with Crippen LogP contribution in [0.1, 0.15) is 19.0 Å². The Labute approximate surface area is 190 Å². The Kier molecular flexibility index (Phi) is 6.71. The molecule has 0 bridgehead atoms. The fraction of sp³-hybridized carbons (Fsp3) is 0.500. The van der Waals surface area contributed by atoms with Crippen molar-refractivity contribution < 1.29 is 9.53 Å². The summed E-state index contributed by atoms with van der Waals surface area (Å²) in [6.07, 6.45) is 7.50. The van der Waals surface area contributed by atoms with Crippen molar-refractivity contribution in [2.24, 2.45) is 5.92 Å². The van der Waals surface area contributed by atoms with Crippen molar-refractivity contribution in [3.05, 3.63) is 42.5 Å². The van der Waals surface area contributed by atoms with Gasteiger partial charge < -0.3 is 14.2 Å². The van der Waals surface area contributed by atoms with E-state index >= 15 is 0 Å². The number of fused-ring (bicyclic) bond motifs is 1. The number of rotatable bonds is 8. The molecule has 0 aromatic carbocycles. The normalized spacial score (nSPS) is 16.8. The average Bonchev–Trinajstić information content (AvgIpc) is 3.38. The third-order valence-corrected chi connectivity index (χ3v) is 7.77. The number of amides is 1. The van der Waals surface area contributed by atoms with E-state index in [-0.39, 0.29) is 5.91 Å². The lowest BCUT2D eigenvalue weighted by Gasteiger charge is -2.15. The molecule has 1 fully saturated rings. The zero-order valence-corrected chi connectivity index (χ0v) is 20.5. The molecule has 1 amide bonds. The SMILES string of the molecule is CC(=O)N1CC[C@@H](Cc2ncccc2-c2cnc3c(ccn3COCC[Si](C)(C)C)n2)C1. The van der Waals surface area contributed by atoms with E-state index in [1.807, 2.05) is 40.2 Å². The van der Waals surface area contributed by atoms with Crippen molar-refractivity contribution >= 4 is 25.1 Å². The molecule has 7 nitrogen and oxygen atoms in total. The third-order valence-electron chi connectivity index (χ3n) is 6.07. The Morgan fingerprint density at radius 3 is 2.84 bits per heavy atom. The van der Waals surface area contributed by atoms with Gasteiger partial charge in [0, 0.05) is 52.7 Å². The van der Waals surface area contributed by atoms with Crippen LogP contribution in [0.3, 0.4) is 0 Å². The summed E-state index contributed by atoms with van der Waals surface area (Å²) in [5.41, 5.74) is 4.56. The summed E-state index contributed by atoms with van der Waals surface area (Å²) in [6, 6.07) is 7.15. The first-order valence-electron chi connectivity index (χ1n) is 11.4. The van der Waals surface area contributed by atoms with Crippen LogP contribution < -0.4 is 0 Å². The predicted octanol–water partition coefficient (Wildman–Crippen LogP) is 4.22. The van der Waals surface area contributed by atoms with Crippen LogP contribution in [0.4, 0.5) is 0 Å². The van der Waals surface area contributed by atoms with Crippen LogP contribution in [0.5, 0.6) is 0 Å². The molecule has 0 saturated carbocycles. The van der Waals surface area contributed by atoms with Crippen LogP contribution in [-0.4, -0.2) is 58.1 Å². The van der Waals surface area contributed by atoms with Crippen molar-refractivity contribution in [1.29, 1.82) is 0 Å². The Bertz CT molecular complexity index is 1090. The van der Waals surface area contributed by atoms with Crippen molar-refractivity contribution in [1.82, 2.24) is 24.4 Å². The van der Waals surface area contributed by atoms with E-state index in [4.69, 9.17) is 14.7 Å². The van der Waals surface area contributed by atoms with Gasteiger partial charge in [0.2, 0.25) is 5.91 Å². The molecule has 1 atom stereocenters. The molecule has 32 heavy (non-hydrogen) atoms. The minimum absolute atomic E-state index is 0.152. The maximum Gasteiger partial charge on any atom is 0.219 e. The van der Waals surface area contributed by atoms with Gasteiger partial charge in [0.25, 0.3) is 0 Å². The van der Waals surface area contributed by atoms with Crippen LogP contribution in [0.2, 0.25) is 25.7 Å². The molecule has 0 spiro atoms. The largest absolute Gasteiger partial charge is 0.361 e. The minimum Gasteiger partial charge on any atom is -0.361 e. The number of nitrogens with zero attached hydrogens (tertiary/aromatic N) is 5. The lowest BCUT2D eigenvalue weighted by atomic mass is 9.98. The Morgan fingerprint density at radius 1 is 1.25 bits per heavy atom. The molecule has 8 heteroatoms. The average molecular weight is 452 g/mol. The summed E-state index contributed by atoms with van der Waals surface area (Å²) < 4.78 is 7.90. The number of pyridine rings is 1. The molecule has 3 aromatic rings. The third kappa shape index (κ3) is 5.42. The van der Waals surface area contributed by atoms with Crippen LogP contribution >= 0.6 is 0 Å². The topological polar surface area (TPSA) is 73.1 Å². The van der Waals surface area contributed by atoms with Crippen molar-refractivity contribution in [3.63, 3.8) is 0 Å². The molecule has 1 saturated heterocycles. The minimum atomic E-state index is -1.09. The van der Waals surface area contributed by atoms with Gasteiger partial charge in [0.15, 0.2) is 5.65 Å². The highest BCUT2D eigenvalue weighted by Gasteiger charge is 2.25. The van der Waals surface area contributed by atoms with E-state index in [9.17, 15) is 4.79 Å². The summed E-state index contributed by atoms with van der Waals surface area (Å²) in [5.74, 6) is 0.581. The van der Waals surface area contributed by atoms with E-state index < -0.39 is 8.07 Å². The molecule has 1 aliphatic heterocycles. The monoisotopic (exact) mass is 451 g/mol. The maximum absolute atomic E-state index is 11.7. The van der Waals surface area contributed by atoms with Crippen molar-refractivity contribution in [2.75, 3.05) is 19.7 Å². The number of likely N-dealkylation sites (tertiary alicyclic amines) is 1. The standard InChI is InChI=1S/C24H33N5O2Si/c1-18(30)28-10-7-19(16-28)14-22-20(6-5-9-25-22)23-15-26-24-21(27-23)8-11-29(24)17-31-12-13-32(2,3)4/h5-6,8-9,11,15,19H,7,10,12-14,16-17H2,1-4H3/t19-/m0/s1.